The molecule has 0 radical (unpaired) electrons. The highest BCUT2D eigenvalue weighted by molar-refractivity contribution is 5.21. The highest BCUT2D eigenvalue weighted by Gasteiger charge is 2.21. The maximum Gasteiger partial charge on any atom is 0.149 e. The third-order valence-electron chi connectivity index (χ3n) is 3.42. The fourth-order valence-electron chi connectivity index (χ4n) is 2.30. The predicted molar refractivity (Wildman–Crippen MR) is 73.6 cm³/mol. The molecular formula is C14H23N3O. The first kappa shape index (κ1) is 13.3. The van der Waals surface area contributed by atoms with Crippen LogP contribution in [-0.2, 0) is 0 Å². The second-order valence-corrected chi connectivity index (χ2v) is 4.70. The van der Waals surface area contributed by atoms with E-state index in [0.717, 1.165) is 45.0 Å². The summed E-state index contributed by atoms with van der Waals surface area (Å²) in [6.07, 6.45) is 0.132. The van der Waals surface area contributed by atoms with Crippen LogP contribution in [0.15, 0.2) is 30.3 Å². The minimum atomic E-state index is 0.132. The van der Waals surface area contributed by atoms with Gasteiger partial charge in [0, 0.05) is 39.3 Å². The summed E-state index contributed by atoms with van der Waals surface area (Å²) in [5.41, 5.74) is 5.58. The standard InChI is InChI=1S/C14H23N3O/c1-13(18-14-5-3-2-4-6-14)17-11-9-16(8-7-15)10-12-17/h2-6,13H,7-12,15H2,1H3. The predicted octanol–water partition coefficient (Wildman–Crippen LogP) is 0.988. The Kier molecular flexibility index (Phi) is 4.99. The van der Waals surface area contributed by atoms with E-state index in [4.69, 9.17) is 10.5 Å². The van der Waals surface area contributed by atoms with Crippen molar-refractivity contribution in [3.8, 4) is 5.75 Å². The van der Waals surface area contributed by atoms with Gasteiger partial charge >= 0.3 is 0 Å². The molecule has 1 aromatic carbocycles. The number of nitrogens with zero attached hydrogens (tertiary/aromatic N) is 2. The Morgan fingerprint density at radius 1 is 1.17 bits per heavy atom. The lowest BCUT2D eigenvalue weighted by Gasteiger charge is -2.37. The summed E-state index contributed by atoms with van der Waals surface area (Å²) in [5, 5.41) is 0. The molecule has 0 aliphatic carbocycles. The van der Waals surface area contributed by atoms with Gasteiger partial charge in [0.2, 0.25) is 0 Å². The molecule has 100 valence electrons. The van der Waals surface area contributed by atoms with Gasteiger partial charge in [-0.3, -0.25) is 9.80 Å². The normalized spacial score (nSPS) is 19.7. The van der Waals surface area contributed by atoms with Crippen LogP contribution >= 0.6 is 0 Å². The molecule has 1 heterocycles. The van der Waals surface area contributed by atoms with Crippen molar-refractivity contribution in [2.75, 3.05) is 39.3 Å². The third kappa shape index (κ3) is 3.70. The van der Waals surface area contributed by atoms with E-state index in [1.807, 2.05) is 30.3 Å². The number of para-hydroxylation sites is 1. The van der Waals surface area contributed by atoms with Gasteiger partial charge in [-0.2, -0.15) is 0 Å². The van der Waals surface area contributed by atoms with Gasteiger partial charge in [0.25, 0.3) is 0 Å². The van der Waals surface area contributed by atoms with Crippen LogP contribution in [0, 0.1) is 0 Å². The Hall–Kier alpha value is -1.10. The van der Waals surface area contributed by atoms with E-state index in [1.54, 1.807) is 0 Å². The summed E-state index contributed by atoms with van der Waals surface area (Å²) in [5.74, 6) is 0.939. The molecular weight excluding hydrogens is 226 g/mol. The molecule has 1 aliphatic rings. The third-order valence-corrected chi connectivity index (χ3v) is 3.42. The monoisotopic (exact) mass is 249 g/mol. The fourth-order valence-corrected chi connectivity index (χ4v) is 2.30. The number of ether oxygens (including phenoxy) is 1. The maximum atomic E-state index is 5.93. The Labute approximate surface area is 109 Å². The first-order valence-corrected chi connectivity index (χ1v) is 6.68. The molecule has 2 N–H and O–H groups in total. The van der Waals surface area contributed by atoms with Crippen LogP contribution in [0.3, 0.4) is 0 Å². The van der Waals surface area contributed by atoms with Crippen LogP contribution in [-0.4, -0.2) is 55.3 Å². The molecule has 0 spiro atoms. The van der Waals surface area contributed by atoms with Crippen LogP contribution in [0.25, 0.3) is 0 Å². The summed E-state index contributed by atoms with van der Waals surface area (Å²) < 4.78 is 5.93. The van der Waals surface area contributed by atoms with E-state index < -0.39 is 0 Å². The number of hydrogen-bond donors (Lipinski definition) is 1. The van der Waals surface area contributed by atoms with Crippen molar-refractivity contribution < 1.29 is 4.74 Å². The van der Waals surface area contributed by atoms with Crippen molar-refractivity contribution in [3.63, 3.8) is 0 Å². The summed E-state index contributed by atoms with van der Waals surface area (Å²) in [4.78, 5) is 4.78. The van der Waals surface area contributed by atoms with Gasteiger partial charge in [-0.25, -0.2) is 0 Å². The summed E-state index contributed by atoms with van der Waals surface area (Å²) in [6.45, 7) is 8.13. The summed E-state index contributed by atoms with van der Waals surface area (Å²) in [6, 6.07) is 10.0. The Balaban J connectivity index is 1.79. The quantitative estimate of drug-likeness (QED) is 0.845. The summed E-state index contributed by atoms with van der Waals surface area (Å²) in [7, 11) is 0. The molecule has 1 atom stereocenters. The SMILES string of the molecule is CC(Oc1ccccc1)N1CCN(CCN)CC1. The number of piperazine rings is 1. The molecule has 1 aliphatic heterocycles. The maximum absolute atomic E-state index is 5.93. The average Bonchev–Trinajstić information content (AvgIpc) is 2.41. The molecule has 1 unspecified atom stereocenters. The molecule has 0 aromatic heterocycles. The Bertz CT molecular complexity index is 336. The van der Waals surface area contributed by atoms with Gasteiger partial charge < -0.3 is 10.5 Å². The second kappa shape index (κ2) is 6.73. The zero-order valence-corrected chi connectivity index (χ0v) is 11.1. The van der Waals surface area contributed by atoms with E-state index in [2.05, 4.69) is 16.7 Å². The summed E-state index contributed by atoms with van der Waals surface area (Å²) >= 11 is 0. The molecule has 1 fully saturated rings. The fraction of sp³-hybridized carbons (Fsp3) is 0.571. The lowest BCUT2D eigenvalue weighted by Crippen LogP contribution is -2.51. The first-order chi connectivity index (χ1) is 8.79. The highest BCUT2D eigenvalue weighted by atomic mass is 16.5. The second-order valence-electron chi connectivity index (χ2n) is 4.70. The molecule has 0 bridgehead atoms. The molecule has 4 heteroatoms. The zero-order chi connectivity index (χ0) is 12.8. The Morgan fingerprint density at radius 2 is 1.83 bits per heavy atom. The van der Waals surface area contributed by atoms with E-state index in [-0.39, 0.29) is 6.23 Å². The van der Waals surface area contributed by atoms with Gasteiger partial charge in [0.1, 0.15) is 12.0 Å². The van der Waals surface area contributed by atoms with Crippen LogP contribution in [0.5, 0.6) is 5.75 Å². The van der Waals surface area contributed by atoms with E-state index in [9.17, 15) is 0 Å². The lowest BCUT2D eigenvalue weighted by molar-refractivity contribution is 0.00443. The van der Waals surface area contributed by atoms with Crippen LogP contribution in [0.1, 0.15) is 6.92 Å². The highest BCUT2D eigenvalue weighted by Crippen LogP contribution is 2.14. The van der Waals surface area contributed by atoms with Crippen molar-refractivity contribution >= 4 is 0 Å². The van der Waals surface area contributed by atoms with Gasteiger partial charge in [-0.15, -0.1) is 0 Å². The minimum Gasteiger partial charge on any atom is -0.475 e. The smallest absolute Gasteiger partial charge is 0.149 e. The van der Waals surface area contributed by atoms with Gasteiger partial charge in [0.15, 0.2) is 0 Å². The van der Waals surface area contributed by atoms with Crippen LogP contribution in [0.2, 0.25) is 0 Å². The molecule has 18 heavy (non-hydrogen) atoms. The average molecular weight is 249 g/mol. The number of hydrogen-bond acceptors (Lipinski definition) is 4. The molecule has 0 amide bonds. The minimum absolute atomic E-state index is 0.132. The molecule has 0 saturated carbocycles. The largest absolute Gasteiger partial charge is 0.475 e. The van der Waals surface area contributed by atoms with Crippen LogP contribution in [0.4, 0.5) is 0 Å². The number of nitrogens with two attached hydrogens (primary N) is 1. The van der Waals surface area contributed by atoms with Crippen molar-refractivity contribution in [1.82, 2.24) is 9.80 Å². The topological polar surface area (TPSA) is 41.7 Å². The number of rotatable bonds is 5. The van der Waals surface area contributed by atoms with Crippen LogP contribution < -0.4 is 10.5 Å². The first-order valence-electron chi connectivity index (χ1n) is 6.68. The van der Waals surface area contributed by atoms with Crippen molar-refractivity contribution in [3.05, 3.63) is 30.3 Å². The number of benzene rings is 1. The van der Waals surface area contributed by atoms with Crippen molar-refractivity contribution in [1.29, 1.82) is 0 Å². The van der Waals surface area contributed by atoms with Gasteiger partial charge in [-0.05, 0) is 19.1 Å². The van der Waals surface area contributed by atoms with E-state index in [1.165, 1.54) is 0 Å². The Morgan fingerprint density at radius 3 is 2.44 bits per heavy atom. The van der Waals surface area contributed by atoms with E-state index >= 15 is 0 Å². The molecule has 1 saturated heterocycles. The van der Waals surface area contributed by atoms with Crippen molar-refractivity contribution in [2.45, 2.75) is 13.2 Å². The van der Waals surface area contributed by atoms with Gasteiger partial charge in [0.05, 0.1) is 0 Å². The zero-order valence-electron chi connectivity index (χ0n) is 11.1. The molecule has 1 aromatic rings. The molecule has 2 rings (SSSR count). The van der Waals surface area contributed by atoms with E-state index in [0.29, 0.717) is 0 Å². The van der Waals surface area contributed by atoms with Gasteiger partial charge in [-0.1, -0.05) is 18.2 Å². The molecule has 4 nitrogen and oxygen atoms in total. The van der Waals surface area contributed by atoms with Crippen molar-refractivity contribution in [2.24, 2.45) is 5.73 Å². The lowest BCUT2D eigenvalue weighted by atomic mass is 10.3.